The van der Waals surface area contributed by atoms with E-state index in [0.717, 1.165) is 21.3 Å². The number of hydrogen-bond donors (Lipinski definition) is 2. The molecule has 21 heavy (non-hydrogen) atoms. The number of aliphatic hydroxyl groups is 1. The molecule has 0 aliphatic carbocycles. The molecule has 1 amide bonds. The Kier molecular flexibility index (Phi) is 5.78. The van der Waals surface area contributed by atoms with Crippen LogP contribution in [-0.4, -0.2) is 28.6 Å². The molecule has 0 radical (unpaired) electrons. The summed E-state index contributed by atoms with van der Waals surface area (Å²) in [6.45, 7) is 3.89. The Bertz CT molecular complexity index is 594. The summed E-state index contributed by atoms with van der Waals surface area (Å²) < 4.78 is 1.06. The second-order valence-electron chi connectivity index (χ2n) is 4.80. The molecule has 1 unspecified atom stereocenters. The molecule has 112 valence electrons. The SMILES string of the molecule is Cc1csc(SCc2ccc(C(=O)NCC(C)O)cc2)n1. The number of carbonyl (C=O) groups excluding carboxylic acids is 1. The molecule has 6 heteroatoms. The van der Waals surface area contributed by atoms with Gasteiger partial charge >= 0.3 is 0 Å². The van der Waals surface area contributed by atoms with Crippen molar-refractivity contribution in [1.82, 2.24) is 10.3 Å². The fraction of sp³-hybridized carbons (Fsp3) is 0.333. The number of nitrogens with zero attached hydrogens (tertiary/aromatic N) is 1. The van der Waals surface area contributed by atoms with E-state index in [0.29, 0.717) is 5.56 Å². The van der Waals surface area contributed by atoms with Gasteiger partial charge in [0.05, 0.1) is 6.10 Å². The number of rotatable bonds is 6. The van der Waals surface area contributed by atoms with Gasteiger partial charge in [-0.2, -0.15) is 0 Å². The van der Waals surface area contributed by atoms with Crippen LogP contribution in [0.1, 0.15) is 28.5 Å². The van der Waals surface area contributed by atoms with Crippen LogP contribution in [0.4, 0.5) is 0 Å². The highest BCUT2D eigenvalue weighted by Crippen LogP contribution is 2.25. The lowest BCUT2D eigenvalue weighted by Crippen LogP contribution is -2.30. The zero-order valence-corrected chi connectivity index (χ0v) is 13.6. The molecule has 1 aromatic heterocycles. The van der Waals surface area contributed by atoms with Crippen LogP contribution in [0.5, 0.6) is 0 Å². The summed E-state index contributed by atoms with van der Waals surface area (Å²) in [5.74, 6) is 0.674. The maximum atomic E-state index is 11.8. The van der Waals surface area contributed by atoms with Gasteiger partial charge in [0.1, 0.15) is 4.34 Å². The quantitative estimate of drug-likeness (QED) is 0.803. The largest absolute Gasteiger partial charge is 0.392 e. The third kappa shape index (κ3) is 5.15. The molecule has 0 saturated heterocycles. The molecule has 1 heterocycles. The summed E-state index contributed by atoms with van der Waals surface area (Å²) in [4.78, 5) is 16.2. The number of hydrogen-bond acceptors (Lipinski definition) is 5. The molecule has 0 saturated carbocycles. The van der Waals surface area contributed by atoms with E-state index in [4.69, 9.17) is 5.11 Å². The van der Waals surface area contributed by atoms with Gasteiger partial charge in [-0.1, -0.05) is 23.9 Å². The molecule has 0 spiro atoms. The van der Waals surface area contributed by atoms with Gasteiger partial charge in [0.25, 0.3) is 5.91 Å². The highest BCUT2D eigenvalue weighted by Gasteiger charge is 2.07. The van der Waals surface area contributed by atoms with Crippen molar-refractivity contribution >= 4 is 29.0 Å². The van der Waals surface area contributed by atoms with Gasteiger partial charge in [-0.15, -0.1) is 11.3 Å². The van der Waals surface area contributed by atoms with Crippen molar-refractivity contribution < 1.29 is 9.90 Å². The lowest BCUT2D eigenvalue weighted by atomic mass is 10.1. The number of amides is 1. The second kappa shape index (κ2) is 7.59. The average molecular weight is 322 g/mol. The first kappa shape index (κ1) is 16.0. The highest BCUT2D eigenvalue weighted by atomic mass is 32.2. The lowest BCUT2D eigenvalue weighted by Gasteiger charge is -2.07. The smallest absolute Gasteiger partial charge is 0.251 e. The minimum absolute atomic E-state index is 0.161. The Balaban J connectivity index is 1.88. The molecule has 1 atom stereocenters. The van der Waals surface area contributed by atoms with E-state index in [1.807, 2.05) is 24.4 Å². The third-order valence-corrected chi connectivity index (χ3v) is 4.94. The molecule has 2 rings (SSSR count). The Morgan fingerprint density at radius 1 is 1.43 bits per heavy atom. The molecule has 2 N–H and O–H groups in total. The van der Waals surface area contributed by atoms with E-state index >= 15 is 0 Å². The predicted octanol–water partition coefficient (Wildman–Crippen LogP) is 2.85. The van der Waals surface area contributed by atoms with Gasteiger partial charge in [0.2, 0.25) is 0 Å². The first-order valence-corrected chi connectivity index (χ1v) is 8.51. The van der Waals surface area contributed by atoms with Crippen LogP contribution in [0.15, 0.2) is 34.0 Å². The van der Waals surface area contributed by atoms with Crippen LogP contribution < -0.4 is 5.32 Å². The van der Waals surface area contributed by atoms with Crippen molar-refractivity contribution in [2.24, 2.45) is 0 Å². The summed E-state index contributed by atoms with van der Waals surface area (Å²) >= 11 is 3.35. The van der Waals surface area contributed by atoms with E-state index in [1.54, 1.807) is 42.2 Å². The Morgan fingerprint density at radius 3 is 2.71 bits per heavy atom. The highest BCUT2D eigenvalue weighted by molar-refractivity contribution is 8.00. The van der Waals surface area contributed by atoms with Crippen molar-refractivity contribution in [3.8, 4) is 0 Å². The molecule has 1 aromatic carbocycles. The number of carbonyl (C=O) groups is 1. The number of aryl methyl sites for hydroxylation is 1. The molecule has 0 aliphatic heterocycles. The fourth-order valence-electron chi connectivity index (χ4n) is 1.64. The summed E-state index contributed by atoms with van der Waals surface area (Å²) in [5, 5.41) is 13.9. The Hall–Kier alpha value is -1.37. The zero-order valence-electron chi connectivity index (χ0n) is 12.0. The second-order valence-corrected chi connectivity index (χ2v) is 6.88. The number of benzene rings is 1. The van der Waals surface area contributed by atoms with Gasteiger partial charge in [-0.25, -0.2) is 4.98 Å². The van der Waals surface area contributed by atoms with Crippen LogP contribution >= 0.6 is 23.1 Å². The normalized spacial score (nSPS) is 12.1. The van der Waals surface area contributed by atoms with Gasteiger partial charge in [0, 0.05) is 28.9 Å². The van der Waals surface area contributed by atoms with Gasteiger partial charge in [-0.3, -0.25) is 4.79 Å². The number of thioether (sulfide) groups is 1. The minimum atomic E-state index is -0.536. The third-order valence-electron chi connectivity index (χ3n) is 2.73. The first-order chi connectivity index (χ1) is 10.0. The lowest BCUT2D eigenvalue weighted by molar-refractivity contribution is 0.0924. The topological polar surface area (TPSA) is 62.2 Å². The minimum Gasteiger partial charge on any atom is -0.392 e. The summed E-state index contributed by atoms with van der Waals surface area (Å²) in [7, 11) is 0. The Labute approximate surface area is 132 Å². The van der Waals surface area contributed by atoms with Crippen molar-refractivity contribution in [3.05, 3.63) is 46.5 Å². The average Bonchev–Trinajstić information content (AvgIpc) is 2.89. The van der Waals surface area contributed by atoms with Crippen molar-refractivity contribution in [2.75, 3.05) is 6.54 Å². The van der Waals surface area contributed by atoms with Crippen molar-refractivity contribution in [1.29, 1.82) is 0 Å². The Morgan fingerprint density at radius 2 is 2.14 bits per heavy atom. The van der Waals surface area contributed by atoms with Crippen molar-refractivity contribution in [2.45, 2.75) is 30.0 Å². The van der Waals surface area contributed by atoms with Gasteiger partial charge in [-0.05, 0) is 31.5 Å². The van der Waals surface area contributed by atoms with Crippen LogP contribution in [0.3, 0.4) is 0 Å². The van der Waals surface area contributed by atoms with Crippen LogP contribution in [-0.2, 0) is 5.75 Å². The molecular weight excluding hydrogens is 304 g/mol. The fourth-order valence-corrected chi connectivity index (χ4v) is 3.44. The van der Waals surface area contributed by atoms with E-state index in [2.05, 4.69) is 10.3 Å². The van der Waals surface area contributed by atoms with E-state index in [9.17, 15) is 4.79 Å². The number of aromatic nitrogens is 1. The van der Waals surface area contributed by atoms with Crippen LogP contribution in [0, 0.1) is 6.92 Å². The summed E-state index contributed by atoms with van der Waals surface area (Å²) in [6.07, 6.45) is -0.536. The summed E-state index contributed by atoms with van der Waals surface area (Å²) in [5.41, 5.74) is 2.81. The summed E-state index contributed by atoms with van der Waals surface area (Å²) in [6, 6.07) is 7.51. The molecule has 0 aliphatic rings. The van der Waals surface area contributed by atoms with E-state index in [1.165, 1.54) is 0 Å². The van der Waals surface area contributed by atoms with Crippen LogP contribution in [0.2, 0.25) is 0 Å². The molecular formula is C15H18N2O2S2. The number of nitrogens with one attached hydrogen (secondary N) is 1. The van der Waals surface area contributed by atoms with Gasteiger partial charge in [0.15, 0.2) is 0 Å². The van der Waals surface area contributed by atoms with E-state index in [-0.39, 0.29) is 12.5 Å². The molecule has 2 aromatic rings. The predicted molar refractivity (Wildman–Crippen MR) is 86.9 cm³/mol. The van der Waals surface area contributed by atoms with Gasteiger partial charge < -0.3 is 10.4 Å². The van der Waals surface area contributed by atoms with Crippen molar-refractivity contribution in [3.63, 3.8) is 0 Å². The molecule has 4 nitrogen and oxygen atoms in total. The standard InChI is InChI=1S/C15H18N2O2S2/c1-10-8-20-15(17-10)21-9-12-3-5-13(6-4-12)14(19)16-7-11(2)18/h3-6,8,11,18H,7,9H2,1-2H3,(H,16,19). The van der Waals surface area contributed by atoms with E-state index < -0.39 is 6.10 Å². The maximum absolute atomic E-state index is 11.8. The number of aliphatic hydroxyl groups excluding tert-OH is 1. The molecule has 0 bridgehead atoms. The zero-order chi connectivity index (χ0) is 15.2. The first-order valence-electron chi connectivity index (χ1n) is 6.64. The maximum Gasteiger partial charge on any atom is 0.251 e. The number of thiazole rings is 1. The molecule has 0 fully saturated rings. The monoisotopic (exact) mass is 322 g/mol. The van der Waals surface area contributed by atoms with Crippen LogP contribution in [0.25, 0.3) is 0 Å².